The van der Waals surface area contributed by atoms with E-state index < -0.39 is 10.0 Å². The number of guanidine groups is 1. The highest BCUT2D eigenvalue weighted by atomic mass is 127. The van der Waals surface area contributed by atoms with E-state index >= 15 is 0 Å². The molecule has 0 radical (unpaired) electrons. The highest BCUT2D eigenvalue weighted by molar-refractivity contribution is 14.0. The van der Waals surface area contributed by atoms with Crippen LogP contribution in [0.4, 0.5) is 5.69 Å². The van der Waals surface area contributed by atoms with Crippen molar-refractivity contribution >= 4 is 57.4 Å². The molecule has 1 saturated heterocycles. The van der Waals surface area contributed by atoms with Crippen LogP contribution in [0, 0.1) is 0 Å². The van der Waals surface area contributed by atoms with Crippen molar-refractivity contribution in [1.29, 1.82) is 0 Å². The van der Waals surface area contributed by atoms with E-state index in [-0.39, 0.29) is 36.3 Å². The smallest absolute Gasteiger partial charge is 0.215 e. The Bertz CT molecular complexity index is 725. The van der Waals surface area contributed by atoms with E-state index in [4.69, 9.17) is 9.47 Å². The Morgan fingerprint density at radius 3 is 2.48 bits per heavy atom. The second kappa shape index (κ2) is 11.8. The van der Waals surface area contributed by atoms with Gasteiger partial charge in [-0.05, 0) is 12.1 Å². The zero-order chi connectivity index (χ0) is 19.0. The number of halogens is 1. The summed E-state index contributed by atoms with van der Waals surface area (Å²) in [6.07, 6.45) is 0. The van der Waals surface area contributed by atoms with E-state index in [1.807, 2.05) is 6.07 Å². The molecule has 1 aliphatic heterocycles. The topological polar surface area (TPSA) is 92.3 Å². The number of aliphatic imine (C=N–C) groups is 1. The van der Waals surface area contributed by atoms with Gasteiger partial charge >= 0.3 is 0 Å². The Balaban J connectivity index is 0.00000364. The summed E-state index contributed by atoms with van der Waals surface area (Å²) in [5, 5.41) is 6.15. The van der Waals surface area contributed by atoms with Gasteiger partial charge in [0.05, 0.1) is 20.0 Å². The van der Waals surface area contributed by atoms with Gasteiger partial charge in [-0.3, -0.25) is 4.99 Å². The maximum atomic E-state index is 12.4. The molecule has 0 bridgehead atoms. The van der Waals surface area contributed by atoms with E-state index in [9.17, 15) is 8.42 Å². The van der Waals surface area contributed by atoms with E-state index in [2.05, 4.69) is 15.6 Å². The quantitative estimate of drug-likeness (QED) is 0.315. The first-order chi connectivity index (χ1) is 12.5. The number of nitrogens with zero attached hydrogens (tertiary/aromatic N) is 2. The Morgan fingerprint density at radius 1 is 1.22 bits per heavy atom. The van der Waals surface area contributed by atoms with Crippen molar-refractivity contribution in [3.63, 3.8) is 0 Å². The molecule has 11 heteroatoms. The molecule has 0 aliphatic carbocycles. The summed E-state index contributed by atoms with van der Waals surface area (Å²) in [5.74, 6) is 3.46. The van der Waals surface area contributed by atoms with Crippen LogP contribution >= 0.6 is 35.7 Å². The molecule has 0 unspecified atom stereocenters. The van der Waals surface area contributed by atoms with Crippen LogP contribution in [0.25, 0.3) is 0 Å². The van der Waals surface area contributed by atoms with Crippen molar-refractivity contribution < 1.29 is 17.9 Å². The molecule has 1 heterocycles. The lowest BCUT2D eigenvalue weighted by atomic mass is 10.3. The molecular weight excluding hydrogens is 503 g/mol. The average molecular weight is 530 g/mol. The number of ether oxygens (including phenoxy) is 2. The van der Waals surface area contributed by atoms with Gasteiger partial charge in [-0.25, -0.2) is 12.7 Å². The second-order valence-electron chi connectivity index (χ2n) is 5.52. The number of thioether (sulfide) groups is 1. The SMILES string of the molecule is CN=C(NCCS(=O)(=O)N1CCSCC1)Nc1ccc(OC)c(OC)c1.I. The van der Waals surface area contributed by atoms with Crippen LogP contribution in [-0.2, 0) is 10.0 Å². The van der Waals surface area contributed by atoms with Gasteiger partial charge in [-0.2, -0.15) is 11.8 Å². The molecule has 1 aromatic rings. The predicted octanol–water partition coefficient (Wildman–Crippen LogP) is 1.69. The third-order valence-corrected chi connectivity index (χ3v) is 6.70. The van der Waals surface area contributed by atoms with Crippen molar-refractivity contribution in [2.45, 2.75) is 0 Å². The molecule has 1 aromatic carbocycles. The predicted molar refractivity (Wildman–Crippen MR) is 123 cm³/mol. The zero-order valence-corrected chi connectivity index (χ0v) is 19.7. The molecular formula is C16H27IN4O4S2. The van der Waals surface area contributed by atoms with E-state index in [1.54, 1.807) is 49.5 Å². The van der Waals surface area contributed by atoms with Crippen LogP contribution in [-0.4, -0.2) is 76.8 Å². The van der Waals surface area contributed by atoms with E-state index in [0.29, 0.717) is 30.5 Å². The Hall–Kier alpha value is -0.920. The molecule has 27 heavy (non-hydrogen) atoms. The van der Waals surface area contributed by atoms with Gasteiger partial charge < -0.3 is 20.1 Å². The maximum absolute atomic E-state index is 12.4. The summed E-state index contributed by atoms with van der Waals surface area (Å²) >= 11 is 1.78. The number of methoxy groups -OCH3 is 2. The standard InChI is InChI=1S/C16H26N4O4S2.HI/c1-17-16(19-13-4-5-14(23-2)15(12-13)24-3)18-6-11-26(21,22)20-7-9-25-10-8-20;/h4-5,12H,6-11H2,1-3H3,(H2,17,18,19);1H. The average Bonchev–Trinajstić information content (AvgIpc) is 2.67. The summed E-state index contributed by atoms with van der Waals surface area (Å²) in [6, 6.07) is 5.40. The first-order valence-electron chi connectivity index (χ1n) is 8.25. The van der Waals surface area contributed by atoms with Crippen LogP contribution in [0.2, 0.25) is 0 Å². The minimum atomic E-state index is -3.24. The summed E-state index contributed by atoms with van der Waals surface area (Å²) in [4.78, 5) is 4.12. The molecule has 0 spiro atoms. The number of hydrogen-bond donors (Lipinski definition) is 2. The first-order valence-corrected chi connectivity index (χ1v) is 11.0. The summed E-state index contributed by atoms with van der Waals surface area (Å²) in [6.45, 7) is 1.45. The van der Waals surface area contributed by atoms with Crippen LogP contribution in [0.3, 0.4) is 0 Å². The molecule has 0 amide bonds. The Labute approximate surface area is 182 Å². The molecule has 0 atom stereocenters. The minimum absolute atomic E-state index is 0. The number of sulfonamides is 1. The molecule has 0 saturated carbocycles. The molecule has 8 nitrogen and oxygen atoms in total. The fraction of sp³-hybridized carbons (Fsp3) is 0.562. The van der Waals surface area contributed by atoms with Gasteiger partial charge in [0.25, 0.3) is 0 Å². The zero-order valence-electron chi connectivity index (χ0n) is 15.7. The number of rotatable bonds is 7. The van der Waals surface area contributed by atoms with Crippen LogP contribution < -0.4 is 20.1 Å². The van der Waals surface area contributed by atoms with Gasteiger partial charge in [0.15, 0.2) is 17.5 Å². The van der Waals surface area contributed by atoms with Gasteiger partial charge in [0.1, 0.15) is 0 Å². The minimum Gasteiger partial charge on any atom is -0.493 e. The molecule has 154 valence electrons. The third-order valence-electron chi connectivity index (χ3n) is 3.89. The second-order valence-corrected chi connectivity index (χ2v) is 8.83. The monoisotopic (exact) mass is 530 g/mol. The van der Waals surface area contributed by atoms with Gasteiger partial charge in [0.2, 0.25) is 10.0 Å². The third kappa shape index (κ3) is 7.20. The summed E-state index contributed by atoms with van der Waals surface area (Å²) in [7, 11) is 1.53. The normalized spacial score (nSPS) is 15.6. The fourth-order valence-corrected chi connectivity index (χ4v) is 4.97. The highest BCUT2D eigenvalue weighted by Gasteiger charge is 2.23. The van der Waals surface area contributed by atoms with Crippen LogP contribution in [0.1, 0.15) is 0 Å². The lowest BCUT2D eigenvalue weighted by Crippen LogP contribution is -2.42. The lowest BCUT2D eigenvalue weighted by molar-refractivity contribution is 0.355. The van der Waals surface area contributed by atoms with Crippen molar-refractivity contribution in [2.24, 2.45) is 4.99 Å². The Kier molecular flexibility index (Phi) is 10.6. The largest absolute Gasteiger partial charge is 0.493 e. The lowest BCUT2D eigenvalue weighted by Gasteiger charge is -2.25. The van der Waals surface area contributed by atoms with Crippen LogP contribution in [0.5, 0.6) is 11.5 Å². The Morgan fingerprint density at radius 2 is 1.89 bits per heavy atom. The molecule has 2 rings (SSSR count). The molecule has 1 fully saturated rings. The first kappa shape index (κ1) is 24.1. The van der Waals surface area contributed by atoms with Crippen molar-refractivity contribution in [2.75, 3.05) is 63.5 Å². The van der Waals surface area contributed by atoms with Crippen LogP contribution in [0.15, 0.2) is 23.2 Å². The molecule has 0 aromatic heterocycles. The van der Waals surface area contributed by atoms with Gasteiger partial charge in [0, 0.05) is 49.9 Å². The van der Waals surface area contributed by atoms with E-state index in [1.165, 1.54) is 0 Å². The molecule has 1 aliphatic rings. The summed E-state index contributed by atoms with van der Waals surface area (Å²) < 4.78 is 36.8. The summed E-state index contributed by atoms with van der Waals surface area (Å²) in [5.41, 5.74) is 0.756. The number of anilines is 1. The fourth-order valence-electron chi connectivity index (χ4n) is 2.48. The van der Waals surface area contributed by atoms with Gasteiger partial charge in [-0.15, -0.1) is 24.0 Å². The van der Waals surface area contributed by atoms with Crippen molar-refractivity contribution in [3.05, 3.63) is 18.2 Å². The maximum Gasteiger partial charge on any atom is 0.215 e. The van der Waals surface area contributed by atoms with Crippen molar-refractivity contribution in [1.82, 2.24) is 9.62 Å². The number of benzene rings is 1. The van der Waals surface area contributed by atoms with Crippen molar-refractivity contribution in [3.8, 4) is 11.5 Å². The highest BCUT2D eigenvalue weighted by Crippen LogP contribution is 2.29. The number of hydrogen-bond acceptors (Lipinski definition) is 6. The van der Waals surface area contributed by atoms with E-state index in [0.717, 1.165) is 17.2 Å². The molecule has 2 N–H and O–H groups in total. The van der Waals surface area contributed by atoms with Gasteiger partial charge in [-0.1, -0.05) is 0 Å². The number of nitrogens with one attached hydrogen (secondary N) is 2.